The van der Waals surface area contributed by atoms with Crippen LogP contribution in [0.3, 0.4) is 0 Å². The van der Waals surface area contributed by atoms with Crippen LogP contribution in [0.2, 0.25) is 0 Å². The average Bonchev–Trinajstić information content (AvgIpc) is 2.39. The summed E-state index contributed by atoms with van der Waals surface area (Å²) in [5.74, 6) is -0.613. The van der Waals surface area contributed by atoms with Crippen molar-refractivity contribution in [1.29, 1.82) is 0 Å². The Morgan fingerprint density at radius 3 is 2.89 bits per heavy atom. The third-order valence-corrected chi connectivity index (χ3v) is 2.74. The van der Waals surface area contributed by atoms with Gasteiger partial charge in [-0.2, -0.15) is 0 Å². The molecule has 0 fully saturated rings. The van der Waals surface area contributed by atoms with Crippen molar-refractivity contribution in [3.8, 4) is 11.3 Å². The van der Waals surface area contributed by atoms with E-state index in [0.29, 0.717) is 5.82 Å². The fraction of sp³-hybridized carbons (Fsp3) is 0.214. The van der Waals surface area contributed by atoms with Crippen LogP contribution in [0.5, 0.6) is 0 Å². The smallest absolute Gasteiger partial charge is 0.320 e. The minimum Gasteiger partial charge on any atom is -0.480 e. The number of nitrogens with zero attached hydrogens (tertiary/aromatic N) is 2. The molecule has 1 aromatic heterocycles. The van der Waals surface area contributed by atoms with E-state index in [1.807, 2.05) is 31.2 Å². The number of hydrogen-bond donors (Lipinski definition) is 2. The highest BCUT2D eigenvalue weighted by atomic mass is 16.4. The van der Waals surface area contributed by atoms with Crippen LogP contribution in [0.25, 0.3) is 11.3 Å². The van der Waals surface area contributed by atoms with E-state index in [9.17, 15) is 4.79 Å². The largest absolute Gasteiger partial charge is 0.480 e. The van der Waals surface area contributed by atoms with Crippen molar-refractivity contribution in [2.75, 3.05) is 0 Å². The lowest BCUT2D eigenvalue weighted by Crippen LogP contribution is -2.32. The van der Waals surface area contributed by atoms with Gasteiger partial charge >= 0.3 is 5.97 Å². The number of rotatable bonds is 4. The first kappa shape index (κ1) is 13.2. The van der Waals surface area contributed by atoms with Crippen molar-refractivity contribution in [3.63, 3.8) is 0 Å². The van der Waals surface area contributed by atoms with Crippen LogP contribution in [0.15, 0.2) is 36.5 Å². The Bertz CT molecular complexity index is 599. The van der Waals surface area contributed by atoms with Gasteiger partial charge in [-0.1, -0.05) is 23.8 Å². The summed E-state index contributed by atoms with van der Waals surface area (Å²) in [6.07, 6.45) is 1.74. The molecule has 2 rings (SSSR count). The maximum Gasteiger partial charge on any atom is 0.320 e. The summed E-state index contributed by atoms with van der Waals surface area (Å²) in [4.78, 5) is 19.1. The van der Waals surface area contributed by atoms with E-state index in [1.54, 1.807) is 12.3 Å². The minimum absolute atomic E-state index is 0.120. The molecule has 1 heterocycles. The summed E-state index contributed by atoms with van der Waals surface area (Å²) in [7, 11) is 0. The molecule has 5 nitrogen and oxygen atoms in total. The third kappa shape index (κ3) is 3.35. The predicted octanol–water partition coefficient (Wildman–Crippen LogP) is 1.41. The molecule has 19 heavy (non-hydrogen) atoms. The third-order valence-electron chi connectivity index (χ3n) is 2.74. The van der Waals surface area contributed by atoms with Gasteiger partial charge in [0.15, 0.2) is 0 Å². The molecule has 98 valence electrons. The molecule has 0 spiro atoms. The molecule has 1 aromatic carbocycles. The zero-order valence-electron chi connectivity index (χ0n) is 10.6. The van der Waals surface area contributed by atoms with E-state index in [2.05, 4.69) is 9.97 Å². The van der Waals surface area contributed by atoms with Crippen molar-refractivity contribution in [2.24, 2.45) is 5.73 Å². The van der Waals surface area contributed by atoms with Gasteiger partial charge in [-0.25, -0.2) is 9.97 Å². The highest BCUT2D eigenvalue weighted by molar-refractivity contribution is 5.73. The van der Waals surface area contributed by atoms with Gasteiger partial charge in [0.1, 0.15) is 11.9 Å². The average molecular weight is 257 g/mol. The van der Waals surface area contributed by atoms with Crippen molar-refractivity contribution >= 4 is 5.97 Å². The topological polar surface area (TPSA) is 89.1 Å². The number of aliphatic carboxylic acids is 1. The van der Waals surface area contributed by atoms with E-state index in [1.165, 1.54) is 0 Å². The molecule has 0 radical (unpaired) electrons. The number of hydrogen-bond acceptors (Lipinski definition) is 4. The maximum absolute atomic E-state index is 10.7. The Hall–Kier alpha value is -2.27. The minimum atomic E-state index is -1.05. The second kappa shape index (κ2) is 5.58. The number of carboxylic acids is 1. The highest BCUT2D eigenvalue weighted by Crippen LogP contribution is 2.17. The molecule has 0 saturated carbocycles. The lowest BCUT2D eigenvalue weighted by atomic mass is 10.1. The van der Waals surface area contributed by atoms with E-state index in [0.717, 1.165) is 16.8 Å². The van der Waals surface area contributed by atoms with Gasteiger partial charge in [-0.05, 0) is 19.1 Å². The van der Waals surface area contributed by atoms with Crippen molar-refractivity contribution in [3.05, 3.63) is 47.9 Å². The fourth-order valence-electron chi connectivity index (χ4n) is 1.75. The quantitative estimate of drug-likeness (QED) is 0.864. The standard InChI is InChI=1S/C14H15N3O2/c1-9-3-2-4-10(7-9)12-5-6-16-13(17-12)8-11(15)14(18)19/h2-7,11H,8,15H2,1H3,(H,18,19). The highest BCUT2D eigenvalue weighted by Gasteiger charge is 2.14. The van der Waals surface area contributed by atoms with Gasteiger partial charge in [-0.3, -0.25) is 4.79 Å². The molecule has 5 heteroatoms. The molecular weight excluding hydrogens is 242 g/mol. The van der Waals surface area contributed by atoms with Crippen LogP contribution in [-0.2, 0) is 11.2 Å². The molecule has 2 aromatic rings. The molecule has 3 N–H and O–H groups in total. The van der Waals surface area contributed by atoms with Crippen LogP contribution in [-0.4, -0.2) is 27.1 Å². The van der Waals surface area contributed by atoms with Crippen molar-refractivity contribution < 1.29 is 9.90 Å². The second-order valence-electron chi connectivity index (χ2n) is 4.38. The number of aryl methyl sites for hydroxylation is 1. The molecule has 0 bridgehead atoms. The van der Waals surface area contributed by atoms with Gasteiger partial charge in [-0.15, -0.1) is 0 Å². The Balaban J connectivity index is 2.27. The molecule has 0 aliphatic heterocycles. The molecule has 0 aliphatic carbocycles. The lowest BCUT2D eigenvalue weighted by Gasteiger charge is -2.07. The summed E-state index contributed by atoms with van der Waals surface area (Å²) in [6.45, 7) is 2.01. The van der Waals surface area contributed by atoms with E-state index in [-0.39, 0.29) is 6.42 Å². The summed E-state index contributed by atoms with van der Waals surface area (Å²) >= 11 is 0. The van der Waals surface area contributed by atoms with Crippen LogP contribution >= 0.6 is 0 Å². The van der Waals surface area contributed by atoms with Crippen LogP contribution in [0.4, 0.5) is 0 Å². The number of aromatic nitrogens is 2. The summed E-state index contributed by atoms with van der Waals surface area (Å²) in [5, 5.41) is 8.79. The van der Waals surface area contributed by atoms with Gasteiger partial charge in [0, 0.05) is 18.2 Å². The number of carbonyl (C=O) groups is 1. The Morgan fingerprint density at radius 2 is 2.21 bits per heavy atom. The monoisotopic (exact) mass is 257 g/mol. The molecule has 0 amide bonds. The Morgan fingerprint density at radius 1 is 1.42 bits per heavy atom. The SMILES string of the molecule is Cc1cccc(-c2ccnc(CC(N)C(=O)O)n2)c1. The lowest BCUT2D eigenvalue weighted by molar-refractivity contribution is -0.138. The van der Waals surface area contributed by atoms with E-state index >= 15 is 0 Å². The Labute approximate surface area is 111 Å². The first-order valence-corrected chi connectivity index (χ1v) is 5.93. The van der Waals surface area contributed by atoms with Gasteiger partial charge in [0.2, 0.25) is 0 Å². The molecule has 0 aliphatic rings. The number of nitrogens with two attached hydrogens (primary N) is 1. The summed E-state index contributed by atoms with van der Waals surface area (Å²) in [5.41, 5.74) is 8.37. The molecule has 1 unspecified atom stereocenters. The van der Waals surface area contributed by atoms with Crippen molar-refractivity contribution in [1.82, 2.24) is 9.97 Å². The zero-order valence-corrected chi connectivity index (χ0v) is 10.6. The Kier molecular flexibility index (Phi) is 3.87. The normalized spacial score (nSPS) is 12.1. The number of benzene rings is 1. The first-order chi connectivity index (χ1) is 9.06. The summed E-state index contributed by atoms with van der Waals surface area (Å²) < 4.78 is 0. The van der Waals surface area contributed by atoms with Crippen LogP contribution in [0, 0.1) is 6.92 Å². The molecular formula is C14H15N3O2. The number of carboxylic acid groups (broad SMARTS) is 1. The van der Waals surface area contributed by atoms with Gasteiger partial charge in [0.25, 0.3) is 0 Å². The molecule has 0 saturated heterocycles. The van der Waals surface area contributed by atoms with E-state index < -0.39 is 12.0 Å². The van der Waals surface area contributed by atoms with Gasteiger partial charge in [0.05, 0.1) is 5.69 Å². The van der Waals surface area contributed by atoms with Crippen LogP contribution in [0.1, 0.15) is 11.4 Å². The zero-order chi connectivity index (χ0) is 13.8. The van der Waals surface area contributed by atoms with E-state index in [4.69, 9.17) is 10.8 Å². The van der Waals surface area contributed by atoms with Crippen molar-refractivity contribution in [2.45, 2.75) is 19.4 Å². The fourth-order valence-corrected chi connectivity index (χ4v) is 1.75. The second-order valence-corrected chi connectivity index (χ2v) is 4.38. The predicted molar refractivity (Wildman–Crippen MR) is 71.5 cm³/mol. The summed E-state index contributed by atoms with van der Waals surface area (Å²) in [6, 6.07) is 8.75. The van der Waals surface area contributed by atoms with Gasteiger partial charge < -0.3 is 10.8 Å². The molecule has 1 atom stereocenters. The first-order valence-electron chi connectivity index (χ1n) is 5.93. The van der Waals surface area contributed by atoms with Crippen LogP contribution < -0.4 is 5.73 Å². The maximum atomic E-state index is 10.7.